The highest BCUT2D eigenvalue weighted by Crippen LogP contribution is 2.36. The van der Waals surface area contributed by atoms with Crippen LogP contribution in [0.5, 0.6) is 5.75 Å². The summed E-state index contributed by atoms with van der Waals surface area (Å²) in [6.45, 7) is 1.07. The predicted molar refractivity (Wildman–Crippen MR) is 58.1 cm³/mol. The summed E-state index contributed by atoms with van der Waals surface area (Å²) in [5.74, 6) is 2.04. The van der Waals surface area contributed by atoms with Gasteiger partial charge in [-0.1, -0.05) is 12.1 Å². The summed E-state index contributed by atoms with van der Waals surface area (Å²) in [5, 5.41) is 8.79. The predicted octanol–water partition coefficient (Wildman–Crippen LogP) is 2.10. The van der Waals surface area contributed by atoms with E-state index in [4.69, 9.17) is 9.84 Å². The van der Waals surface area contributed by atoms with Gasteiger partial charge in [0.1, 0.15) is 5.75 Å². The van der Waals surface area contributed by atoms with Crippen LogP contribution in [-0.2, 0) is 6.42 Å². The molecule has 1 aromatic rings. The van der Waals surface area contributed by atoms with Crippen molar-refractivity contribution in [3.05, 3.63) is 23.8 Å². The van der Waals surface area contributed by atoms with Crippen LogP contribution < -0.4 is 4.74 Å². The maximum Gasteiger partial charge on any atom is 0.133 e. The van der Waals surface area contributed by atoms with Crippen molar-refractivity contribution < 1.29 is 9.84 Å². The molecule has 0 bridgehead atoms. The van der Waals surface area contributed by atoms with Gasteiger partial charge in [-0.15, -0.1) is 11.8 Å². The molecular weight excluding hydrogens is 196 g/mol. The second kappa shape index (κ2) is 4.71. The van der Waals surface area contributed by atoms with Crippen LogP contribution in [0.1, 0.15) is 12.0 Å². The number of aliphatic hydroxyl groups excluding tert-OH is 1. The molecule has 0 unspecified atom stereocenters. The van der Waals surface area contributed by atoms with E-state index in [-0.39, 0.29) is 6.61 Å². The van der Waals surface area contributed by atoms with Crippen molar-refractivity contribution in [3.63, 3.8) is 0 Å². The lowest BCUT2D eigenvalue weighted by Crippen LogP contribution is -2.08. The molecule has 76 valence electrons. The monoisotopic (exact) mass is 210 g/mol. The Morgan fingerprint density at radius 2 is 2.36 bits per heavy atom. The number of aryl methyl sites for hydroxylation is 1. The molecule has 3 heteroatoms. The average molecular weight is 210 g/mol. The zero-order valence-electron chi connectivity index (χ0n) is 8.03. The lowest BCUT2D eigenvalue weighted by molar-refractivity contribution is 0.287. The summed E-state index contributed by atoms with van der Waals surface area (Å²) < 4.78 is 5.56. The molecule has 1 N–H and O–H groups in total. The van der Waals surface area contributed by atoms with Gasteiger partial charge in [-0.2, -0.15) is 0 Å². The molecule has 1 aliphatic rings. The van der Waals surface area contributed by atoms with Crippen molar-refractivity contribution in [2.45, 2.75) is 17.7 Å². The smallest absolute Gasteiger partial charge is 0.133 e. The first-order valence-corrected chi connectivity index (χ1v) is 5.88. The minimum atomic E-state index is 0.259. The molecule has 1 aromatic carbocycles. The highest BCUT2D eigenvalue weighted by molar-refractivity contribution is 7.99. The van der Waals surface area contributed by atoms with Crippen LogP contribution in [-0.4, -0.2) is 24.1 Å². The van der Waals surface area contributed by atoms with E-state index in [2.05, 4.69) is 6.07 Å². The molecule has 1 heterocycles. The molecule has 2 rings (SSSR count). The third-order valence-corrected chi connectivity index (χ3v) is 3.37. The van der Waals surface area contributed by atoms with Crippen molar-refractivity contribution in [1.82, 2.24) is 0 Å². The number of aliphatic hydroxyl groups is 1. The Balaban J connectivity index is 2.21. The SMILES string of the molecule is OCCCc1cccc2c1SCCO2. The summed E-state index contributed by atoms with van der Waals surface area (Å²) in [6, 6.07) is 6.16. The van der Waals surface area contributed by atoms with Crippen LogP contribution in [0.15, 0.2) is 23.1 Å². The first-order chi connectivity index (χ1) is 6.92. The number of thioether (sulfide) groups is 1. The average Bonchev–Trinajstić information content (AvgIpc) is 2.26. The summed E-state index contributed by atoms with van der Waals surface area (Å²) in [6.07, 6.45) is 1.77. The molecule has 0 aromatic heterocycles. The fourth-order valence-electron chi connectivity index (χ4n) is 1.60. The second-order valence-corrected chi connectivity index (χ2v) is 4.37. The fraction of sp³-hybridized carbons (Fsp3) is 0.455. The van der Waals surface area contributed by atoms with E-state index in [1.54, 1.807) is 0 Å². The molecule has 0 atom stereocenters. The quantitative estimate of drug-likeness (QED) is 0.828. The molecule has 0 amide bonds. The largest absolute Gasteiger partial charge is 0.492 e. The first-order valence-electron chi connectivity index (χ1n) is 4.90. The molecule has 0 saturated carbocycles. The van der Waals surface area contributed by atoms with Crippen molar-refractivity contribution in [1.29, 1.82) is 0 Å². The van der Waals surface area contributed by atoms with Crippen molar-refractivity contribution in [2.75, 3.05) is 19.0 Å². The van der Waals surface area contributed by atoms with Gasteiger partial charge in [0, 0.05) is 12.4 Å². The summed E-state index contributed by atoms with van der Waals surface area (Å²) in [7, 11) is 0. The van der Waals surface area contributed by atoms with E-state index < -0.39 is 0 Å². The van der Waals surface area contributed by atoms with Crippen LogP contribution in [0.4, 0.5) is 0 Å². The van der Waals surface area contributed by atoms with Gasteiger partial charge in [-0.25, -0.2) is 0 Å². The molecule has 14 heavy (non-hydrogen) atoms. The van der Waals surface area contributed by atoms with Gasteiger partial charge >= 0.3 is 0 Å². The number of benzene rings is 1. The van der Waals surface area contributed by atoms with Gasteiger partial charge in [0.05, 0.1) is 11.5 Å². The second-order valence-electron chi connectivity index (χ2n) is 3.27. The van der Waals surface area contributed by atoms with E-state index in [1.165, 1.54) is 10.5 Å². The third kappa shape index (κ3) is 2.04. The number of hydrogen-bond donors (Lipinski definition) is 1. The van der Waals surface area contributed by atoms with E-state index in [0.717, 1.165) is 31.0 Å². The normalized spacial score (nSPS) is 14.6. The molecule has 2 nitrogen and oxygen atoms in total. The van der Waals surface area contributed by atoms with Crippen LogP contribution in [0.2, 0.25) is 0 Å². The summed E-state index contributed by atoms with van der Waals surface area (Å²) in [5.41, 5.74) is 1.31. The zero-order chi connectivity index (χ0) is 9.80. The molecule has 0 fully saturated rings. The highest BCUT2D eigenvalue weighted by atomic mass is 32.2. The van der Waals surface area contributed by atoms with E-state index in [9.17, 15) is 0 Å². The molecule has 0 radical (unpaired) electrons. The minimum Gasteiger partial charge on any atom is -0.492 e. The Morgan fingerprint density at radius 1 is 1.43 bits per heavy atom. The van der Waals surface area contributed by atoms with Gasteiger partial charge in [0.25, 0.3) is 0 Å². The number of fused-ring (bicyclic) bond motifs is 1. The van der Waals surface area contributed by atoms with Gasteiger partial charge in [0.15, 0.2) is 0 Å². The van der Waals surface area contributed by atoms with Gasteiger partial charge in [0.2, 0.25) is 0 Å². The van der Waals surface area contributed by atoms with E-state index >= 15 is 0 Å². The Labute approximate surface area is 88.3 Å². The van der Waals surface area contributed by atoms with E-state index in [0.29, 0.717) is 0 Å². The maximum absolute atomic E-state index is 8.79. The Hall–Kier alpha value is -0.670. The summed E-state index contributed by atoms with van der Waals surface area (Å²) in [4.78, 5) is 1.27. The van der Waals surface area contributed by atoms with Crippen molar-refractivity contribution in [3.8, 4) is 5.75 Å². The minimum absolute atomic E-state index is 0.259. The topological polar surface area (TPSA) is 29.5 Å². The lowest BCUT2D eigenvalue weighted by Gasteiger charge is -2.19. The molecule has 1 aliphatic heterocycles. The standard InChI is InChI=1S/C11H14O2S/c12-6-2-4-9-3-1-5-10-11(9)14-8-7-13-10/h1,3,5,12H,2,4,6-8H2. The van der Waals surface area contributed by atoms with Gasteiger partial charge in [-0.05, 0) is 24.5 Å². The first kappa shape index (κ1) is 9.87. The highest BCUT2D eigenvalue weighted by Gasteiger charge is 2.13. The fourth-order valence-corrected chi connectivity index (χ4v) is 2.60. The molecule has 0 aliphatic carbocycles. The van der Waals surface area contributed by atoms with Crippen LogP contribution >= 0.6 is 11.8 Å². The number of rotatable bonds is 3. The maximum atomic E-state index is 8.79. The number of ether oxygens (including phenoxy) is 1. The van der Waals surface area contributed by atoms with Crippen LogP contribution in [0.3, 0.4) is 0 Å². The van der Waals surface area contributed by atoms with Crippen molar-refractivity contribution >= 4 is 11.8 Å². The number of hydrogen-bond acceptors (Lipinski definition) is 3. The Kier molecular flexibility index (Phi) is 3.32. The Bertz CT molecular complexity index is 312. The summed E-state index contributed by atoms with van der Waals surface area (Å²) >= 11 is 1.86. The van der Waals surface area contributed by atoms with Gasteiger partial charge in [-0.3, -0.25) is 0 Å². The Morgan fingerprint density at radius 3 is 3.21 bits per heavy atom. The molecule has 0 saturated heterocycles. The lowest BCUT2D eigenvalue weighted by atomic mass is 10.1. The molecular formula is C11H14O2S. The van der Waals surface area contributed by atoms with Crippen LogP contribution in [0, 0.1) is 0 Å². The van der Waals surface area contributed by atoms with E-state index in [1.807, 2.05) is 23.9 Å². The third-order valence-electron chi connectivity index (χ3n) is 2.25. The van der Waals surface area contributed by atoms with Crippen molar-refractivity contribution in [2.24, 2.45) is 0 Å². The van der Waals surface area contributed by atoms with Crippen LogP contribution in [0.25, 0.3) is 0 Å². The zero-order valence-corrected chi connectivity index (χ0v) is 8.85. The van der Waals surface area contributed by atoms with Gasteiger partial charge < -0.3 is 9.84 Å². The molecule has 0 spiro atoms.